The number of quaternary nitrogens is 1. The summed E-state index contributed by atoms with van der Waals surface area (Å²) < 4.78 is 17.7. The molecule has 0 unspecified atom stereocenters. The summed E-state index contributed by atoms with van der Waals surface area (Å²) in [5.41, 5.74) is 3.30. The first-order valence-corrected chi connectivity index (χ1v) is 11.4. The van der Waals surface area contributed by atoms with Gasteiger partial charge in [0.05, 0.1) is 40.8 Å². The largest absolute Gasteiger partial charge is 0.494 e. The number of ether oxygens (including phenoxy) is 3. The van der Waals surface area contributed by atoms with Crippen LogP contribution in [0.1, 0.15) is 24.0 Å². The quantitative estimate of drug-likeness (QED) is 0.211. The van der Waals surface area contributed by atoms with Crippen molar-refractivity contribution in [3.8, 4) is 11.5 Å². The van der Waals surface area contributed by atoms with Gasteiger partial charge < -0.3 is 14.2 Å². The standard InChI is InChI=1S/C28H34NO4/c1-29(2,3)25-13-11-23(12-14-25)21-28(30)32-20-8-7-19-31-26-15-17-27(18-16-26)33-22-24-9-5-4-6-10-24/h4-6,9-18H,7-8,19-22H2,1-3H3/q+1. The number of carbonyl (C=O) groups is 1. The average Bonchev–Trinajstić information content (AvgIpc) is 2.81. The molecule has 0 saturated heterocycles. The molecular formula is C28H34NO4+. The van der Waals surface area contributed by atoms with E-state index in [1.165, 1.54) is 5.69 Å². The molecule has 5 nitrogen and oxygen atoms in total. The predicted octanol–water partition coefficient (Wildman–Crippen LogP) is 5.41. The van der Waals surface area contributed by atoms with E-state index in [2.05, 4.69) is 33.3 Å². The molecule has 5 heteroatoms. The van der Waals surface area contributed by atoms with Crippen molar-refractivity contribution < 1.29 is 19.0 Å². The number of carbonyl (C=O) groups excluding carboxylic acids is 1. The third kappa shape index (κ3) is 8.62. The third-order valence-corrected chi connectivity index (χ3v) is 5.20. The van der Waals surface area contributed by atoms with Crippen LogP contribution in [0.15, 0.2) is 78.9 Å². The molecule has 0 aromatic heterocycles. The Kier molecular flexibility index (Phi) is 8.90. The summed E-state index contributed by atoms with van der Waals surface area (Å²) >= 11 is 0. The van der Waals surface area contributed by atoms with Gasteiger partial charge in [-0.2, -0.15) is 0 Å². The highest BCUT2D eigenvalue weighted by Crippen LogP contribution is 2.19. The van der Waals surface area contributed by atoms with E-state index in [9.17, 15) is 4.79 Å². The van der Waals surface area contributed by atoms with Gasteiger partial charge in [-0.25, -0.2) is 0 Å². The second kappa shape index (κ2) is 12.1. The van der Waals surface area contributed by atoms with Gasteiger partial charge in [0, 0.05) is 0 Å². The molecule has 33 heavy (non-hydrogen) atoms. The van der Waals surface area contributed by atoms with Gasteiger partial charge in [-0.1, -0.05) is 42.5 Å². The van der Waals surface area contributed by atoms with Crippen LogP contribution in [-0.4, -0.2) is 40.3 Å². The summed E-state index contributed by atoms with van der Waals surface area (Å²) in [6.07, 6.45) is 1.88. The molecule has 174 valence electrons. The summed E-state index contributed by atoms with van der Waals surface area (Å²) in [4.78, 5) is 12.1. The molecule has 0 radical (unpaired) electrons. The Morgan fingerprint density at radius 3 is 1.94 bits per heavy atom. The molecule has 0 bridgehead atoms. The van der Waals surface area contributed by atoms with Crippen molar-refractivity contribution >= 4 is 11.7 Å². The Morgan fingerprint density at radius 1 is 0.697 bits per heavy atom. The van der Waals surface area contributed by atoms with E-state index in [0.717, 1.165) is 40.0 Å². The fourth-order valence-electron chi connectivity index (χ4n) is 3.23. The highest BCUT2D eigenvalue weighted by atomic mass is 16.5. The summed E-state index contributed by atoms with van der Waals surface area (Å²) in [5.74, 6) is 1.42. The van der Waals surface area contributed by atoms with Gasteiger partial charge in [0.25, 0.3) is 0 Å². The Morgan fingerprint density at radius 2 is 1.30 bits per heavy atom. The SMILES string of the molecule is C[N+](C)(C)c1ccc(CC(=O)OCCCCOc2ccc(OCc3ccccc3)cc2)cc1. The normalized spacial score (nSPS) is 11.1. The number of benzene rings is 3. The second-order valence-electron chi connectivity index (χ2n) is 8.88. The molecule has 0 atom stereocenters. The van der Waals surface area contributed by atoms with E-state index in [1.54, 1.807) is 0 Å². The summed E-state index contributed by atoms with van der Waals surface area (Å²) in [7, 11) is 6.34. The van der Waals surface area contributed by atoms with Crippen LogP contribution in [0.4, 0.5) is 5.69 Å². The minimum atomic E-state index is -0.194. The van der Waals surface area contributed by atoms with E-state index < -0.39 is 0 Å². The fraction of sp³-hybridized carbons (Fsp3) is 0.321. The molecule has 3 rings (SSSR count). The molecule has 0 spiro atoms. The van der Waals surface area contributed by atoms with Crippen molar-refractivity contribution in [2.24, 2.45) is 0 Å². The number of esters is 1. The van der Waals surface area contributed by atoms with Crippen LogP contribution in [0.25, 0.3) is 0 Å². The molecule has 3 aromatic carbocycles. The average molecular weight is 449 g/mol. The van der Waals surface area contributed by atoms with Gasteiger partial charge in [0.1, 0.15) is 23.8 Å². The Balaban J connectivity index is 1.27. The lowest BCUT2D eigenvalue weighted by molar-refractivity contribution is -0.143. The van der Waals surface area contributed by atoms with Crippen LogP contribution < -0.4 is 14.0 Å². The monoisotopic (exact) mass is 448 g/mol. The van der Waals surface area contributed by atoms with Crippen LogP contribution in [0.3, 0.4) is 0 Å². The number of hydrogen-bond acceptors (Lipinski definition) is 4. The predicted molar refractivity (Wildman–Crippen MR) is 133 cm³/mol. The molecule has 0 saturated carbocycles. The van der Waals surface area contributed by atoms with Crippen molar-refractivity contribution in [1.82, 2.24) is 4.48 Å². The Hall–Kier alpha value is -3.31. The highest BCUT2D eigenvalue weighted by molar-refractivity contribution is 5.72. The first kappa shape index (κ1) is 24.3. The lowest BCUT2D eigenvalue weighted by atomic mass is 10.1. The molecule has 3 aromatic rings. The van der Waals surface area contributed by atoms with Crippen LogP contribution in [0.2, 0.25) is 0 Å². The van der Waals surface area contributed by atoms with E-state index in [4.69, 9.17) is 14.2 Å². The minimum Gasteiger partial charge on any atom is -0.494 e. The van der Waals surface area contributed by atoms with Crippen molar-refractivity contribution in [3.05, 3.63) is 90.0 Å². The van der Waals surface area contributed by atoms with Crippen LogP contribution in [0, 0.1) is 0 Å². The molecular weight excluding hydrogens is 414 g/mol. The second-order valence-corrected chi connectivity index (χ2v) is 8.88. The van der Waals surface area contributed by atoms with E-state index >= 15 is 0 Å². The van der Waals surface area contributed by atoms with Crippen molar-refractivity contribution in [1.29, 1.82) is 0 Å². The zero-order valence-electron chi connectivity index (χ0n) is 19.8. The van der Waals surface area contributed by atoms with Crippen molar-refractivity contribution in [3.63, 3.8) is 0 Å². The van der Waals surface area contributed by atoms with E-state index in [1.807, 2.05) is 66.7 Å². The third-order valence-electron chi connectivity index (χ3n) is 5.20. The summed E-state index contributed by atoms with van der Waals surface area (Å²) in [6, 6.07) is 25.8. The molecule has 0 N–H and O–H groups in total. The Bertz CT molecular complexity index is 977. The van der Waals surface area contributed by atoms with E-state index in [-0.39, 0.29) is 5.97 Å². The maximum atomic E-state index is 12.1. The summed E-state index contributed by atoms with van der Waals surface area (Å²) in [5, 5.41) is 0. The number of unbranched alkanes of at least 4 members (excludes halogenated alkanes) is 1. The van der Waals surface area contributed by atoms with Gasteiger partial charge >= 0.3 is 5.97 Å². The van der Waals surface area contributed by atoms with Crippen molar-refractivity contribution in [2.75, 3.05) is 34.4 Å². The number of nitrogens with zero attached hydrogens (tertiary/aromatic N) is 1. The topological polar surface area (TPSA) is 44.8 Å². The lowest BCUT2D eigenvalue weighted by Gasteiger charge is -2.23. The molecule has 0 aliphatic rings. The van der Waals surface area contributed by atoms with Gasteiger partial charge in [-0.15, -0.1) is 0 Å². The smallest absolute Gasteiger partial charge is 0.310 e. The van der Waals surface area contributed by atoms with Crippen LogP contribution >= 0.6 is 0 Å². The number of hydrogen-bond donors (Lipinski definition) is 0. The minimum absolute atomic E-state index is 0.194. The molecule has 0 fully saturated rings. The van der Waals surface area contributed by atoms with Gasteiger partial charge in [-0.3, -0.25) is 9.28 Å². The maximum absolute atomic E-state index is 12.1. The number of rotatable bonds is 12. The highest BCUT2D eigenvalue weighted by Gasteiger charge is 2.12. The molecule has 0 aliphatic carbocycles. The van der Waals surface area contributed by atoms with Crippen LogP contribution in [0.5, 0.6) is 11.5 Å². The van der Waals surface area contributed by atoms with Crippen LogP contribution in [-0.2, 0) is 22.6 Å². The zero-order chi connectivity index (χ0) is 23.5. The van der Waals surface area contributed by atoms with Crippen molar-refractivity contribution in [2.45, 2.75) is 25.9 Å². The first-order chi connectivity index (χ1) is 15.9. The Labute approximate surface area is 197 Å². The van der Waals surface area contributed by atoms with Gasteiger partial charge in [0.2, 0.25) is 0 Å². The lowest BCUT2D eigenvalue weighted by Crippen LogP contribution is -2.34. The molecule has 0 amide bonds. The van der Waals surface area contributed by atoms with E-state index in [0.29, 0.717) is 26.2 Å². The fourth-order valence-corrected chi connectivity index (χ4v) is 3.23. The zero-order valence-corrected chi connectivity index (χ0v) is 19.8. The molecule has 0 heterocycles. The van der Waals surface area contributed by atoms with Gasteiger partial charge in [0.15, 0.2) is 0 Å². The summed E-state index contributed by atoms with van der Waals surface area (Å²) in [6.45, 7) is 1.53. The first-order valence-electron chi connectivity index (χ1n) is 11.4. The molecule has 0 aliphatic heterocycles. The van der Waals surface area contributed by atoms with Gasteiger partial charge in [-0.05, 0) is 60.4 Å². The maximum Gasteiger partial charge on any atom is 0.310 e.